The number of anilines is 1. The minimum Gasteiger partial charge on any atom is -1.00 e. The van der Waals surface area contributed by atoms with Gasteiger partial charge < -0.3 is 36.0 Å². The van der Waals surface area contributed by atoms with Gasteiger partial charge in [0, 0.05) is 29.7 Å². The van der Waals surface area contributed by atoms with E-state index >= 15 is 0 Å². The molecule has 1 N–H and O–H groups in total. The number of hydrogen-bond acceptors (Lipinski definition) is 6. The summed E-state index contributed by atoms with van der Waals surface area (Å²) < 4.78 is 12.1. The summed E-state index contributed by atoms with van der Waals surface area (Å²) in [5.41, 5.74) is -0.496. The molecule has 1 unspecified atom stereocenters. The van der Waals surface area contributed by atoms with Gasteiger partial charge in [-0.1, -0.05) is 36.9 Å². The normalized spacial score (nSPS) is 27.9. The second-order valence-electron chi connectivity index (χ2n) is 10.3. The summed E-state index contributed by atoms with van der Waals surface area (Å²) in [4.78, 5) is 27.7. The number of hydrogen-bond donors (Lipinski definition) is 1. The smallest absolute Gasteiger partial charge is 0.317 e. The predicted octanol–water partition coefficient (Wildman–Crippen LogP) is 1.43. The molecule has 1 aliphatic carbocycles. The summed E-state index contributed by atoms with van der Waals surface area (Å²) in [5, 5.41) is 8.80. The zero-order valence-electron chi connectivity index (χ0n) is 19.8. The molecule has 3 saturated heterocycles. The molecule has 0 aromatic carbocycles. The van der Waals surface area contributed by atoms with E-state index in [1.165, 1.54) is 12.8 Å². The average Bonchev–Trinajstić information content (AvgIpc) is 3.41. The van der Waals surface area contributed by atoms with Crippen LogP contribution in [-0.2, 0) is 19.7 Å². The zero-order valence-corrected chi connectivity index (χ0v) is 22.2. The molecule has 1 amide bonds. The third-order valence-corrected chi connectivity index (χ3v) is 9.09. The van der Waals surface area contributed by atoms with Crippen molar-refractivity contribution in [1.82, 2.24) is 5.16 Å². The third-order valence-electron chi connectivity index (χ3n) is 8.02. The number of carbonyl (C=O) groups excluding carboxylic acids is 2. The number of nitrogens with one attached hydrogen (secondary N) is 1. The van der Waals surface area contributed by atoms with Gasteiger partial charge in [-0.25, -0.2) is 0 Å². The van der Waals surface area contributed by atoms with Crippen molar-refractivity contribution in [2.75, 3.05) is 31.5 Å². The Morgan fingerprint density at radius 1 is 1.24 bits per heavy atom. The zero-order chi connectivity index (χ0) is 22.9. The van der Waals surface area contributed by atoms with Crippen LogP contribution in [-0.4, -0.2) is 53.8 Å². The van der Waals surface area contributed by atoms with Crippen LogP contribution in [0.4, 0.5) is 5.82 Å². The molecule has 186 valence electrons. The molecular formula is C25H34BrN3O4S. The van der Waals surface area contributed by atoms with Crippen molar-refractivity contribution >= 4 is 29.0 Å². The average molecular weight is 553 g/mol. The molecule has 0 radical (unpaired) electrons. The first-order chi connectivity index (χ1) is 16.0. The van der Waals surface area contributed by atoms with Crippen LogP contribution in [0.3, 0.4) is 0 Å². The van der Waals surface area contributed by atoms with E-state index in [2.05, 4.69) is 21.9 Å². The molecule has 2 bridgehead atoms. The van der Waals surface area contributed by atoms with Crippen molar-refractivity contribution in [2.24, 2.45) is 5.92 Å². The molecule has 5 heterocycles. The summed E-state index contributed by atoms with van der Waals surface area (Å²) in [6, 6.07) is 5.88. The van der Waals surface area contributed by atoms with Crippen molar-refractivity contribution in [3.8, 4) is 0 Å². The number of aromatic nitrogens is 1. The number of carbonyl (C=O) groups is 2. The fourth-order valence-electron chi connectivity index (χ4n) is 6.17. The Bertz CT molecular complexity index is 976. The first kappa shape index (κ1) is 25.4. The molecule has 34 heavy (non-hydrogen) atoms. The Hall–Kier alpha value is -1.71. The van der Waals surface area contributed by atoms with Crippen LogP contribution in [0.25, 0.3) is 0 Å². The van der Waals surface area contributed by atoms with Gasteiger partial charge in [-0.15, -0.1) is 11.3 Å². The number of esters is 1. The molecule has 1 saturated carbocycles. The van der Waals surface area contributed by atoms with E-state index in [-0.39, 0.29) is 35.0 Å². The second kappa shape index (κ2) is 10.5. The number of amides is 1. The lowest BCUT2D eigenvalue weighted by Gasteiger charge is -2.51. The van der Waals surface area contributed by atoms with Crippen molar-refractivity contribution in [2.45, 2.75) is 69.8 Å². The number of ether oxygens (including phenoxy) is 1. The Labute approximate surface area is 215 Å². The highest BCUT2D eigenvalue weighted by molar-refractivity contribution is 7.10. The number of rotatable bonds is 6. The number of aryl methyl sites for hydroxylation is 1. The quantitative estimate of drug-likeness (QED) is 0.333. The van der Waals surface area contributed by atoms with E-state index in [0.717, 1.165) is 63.0 Å². The van der Waals surface area contributed by atoms with Crippen LogP contribution in [0.5, 0.6) is 0 Å². The summed E-state index contributed by atoms with van der Waals surface area (Å²) in [6.07, 6.45) is 8.17. The van der Waals surface area contributed by atoms with Gasteiger partial charge in [0.2, 0.25) is 0 Å². The van der Waals surface area contributed by atoms with Crippen LogP contribution in [0.15, 0.2) is 28.1 Å². The molecule has 2 aromatic heterocycles. The number of nitrogens with zero attached hydrogens (tertiary/aromatic N) is 2. The summed E-state index contributed by atoms with van der Waals surface area (Å²) in [7, 11) is 0. The van der Waals surface area contributed by atoms with Gasteiger partial charge in [-0.3, -0.25) is 9.59 Å². The molecule has 3 aliphatic heterocycles. The van der Waals surface area contributed by atoms with Crippen molar-refractivity contribution in [3.05, 3.63) is 34.2 Å². The van der Waals surface area contributed by atoms with Crippen molar-refractivity contribution < 1.29 is 40.3 Å². The van der Waals surface area contributed by atoms with Gasteiger partial charge in [-0.05, 0) is 31.2 Å². The van der Waals surface area contributed by atoms with E-state index in [4.69, 9.17) is 9.26 Å². The summed E-state index contributed by atoms with van der Waals surface area (Å²) in [5.74, 6) is 1.43. The lowest BCUT2D eigenvalue weighted by Crippen LogP contribution is -3.00. The summed E-state index contributed by atoms with van der Waals surface area (Å²) >= 11 is 1.68. The van der Waals surface area contributed by atoms with E-state index in [9.17, 15) is 9.59 Å². The third kappa shape index (κ3) is 5.11. The molecule has 2 aromatic rings. The highest BCUT2D eigenvalue weighted by Gasteiger charge is 2.51. The number of fused-ring (bicyclic) bond motifs is 3. The highest BCUT2D eigenvalue weighted by atomic mass is 79.9. The minimum atomic E-state index is -0.496. The largest absolute Gasteiger partial charge is 1.00 e. The molecule has 0 spiro atoms. The van der Waals surface area contributed by atoms with Crippen molar-refractivity contribution in [1.29, 1.82) is 0 Å². The van der Waals surface area contributed by atoms with E-state index in [1.807, 2.05) is 6.07 Å². The lowest BCUT2D eigenvalue weighted by atomic mass is 9.78. The monoisotopic (exact) mass is 551 g/mol. The van der Waals surface area contributed by atoms with E-state index in [1.54, 1.807) is 24.3 Å². The molecule has 9 heteroatoms. The summed E-state index contributed by atoms with van der Waals surface area (Å²) in [6.45, 7) is 4.82. The maximum atomic E-state index is 13.8. The van der Waals surface area contributed by atoms with Gasteiger partial charge in [0.15, 0.2) is 18.5 Å². The van der Waals surface area contributed by atoms with Gasteiger partial charge in [0.1, 0.15) is 17.7 Å². The van der Waals surface area contributed by atoms with Crippen LogP contribution in [0, 0.1) is 12.8 Å². The molecule has 7 nitrogen and oxygen atoms in total. The predicted molar refractivity (Wildman–Crippen MR) is 126 cm³/mol. The lowest BCUT2D eigenvalue weighted by molar-refractivity contribution is -0.939. The molecular weight excluding hydrogens is 518 g/mol. The second-order valence-corrected chi connectivity index (χ2v) is 11.2. The molecule has 4 fully saturated rings. The first-order valence-corrected chi connectivity index (χ1v) is 13.2. The SMILES string of the molecule is Cc1cc(NC(=O)C[N+]23CCC(CC2)C(OC(=O)C2(c4cccs4)CCCCCC2)C3)no1.[Br-]. The van der Waals surface area contributed by atoms with Gasteiger partial charge in [0.25, 0.3) is 5.91 Å². The van der Waals surface area contributed by atoms with Gasteiger partial charge >= 0.3 is 5.97 Å². The Kier molecular flexibility index (Phi) is 7.84. The highest BCUT2D eigenvalue weighted by Crippen LogP contribution is 2.43. The Balaban J connectivity index is 0.00000274. The number of halogens is 1. The Morgan fingerprint density at radius 2 is 1.97 bits per heavy atom. The first-order valence-electron chi connectivity index (χ1n) is 12.3. The fraction of sp³-hybridized carbons (Fsp3) is 0.640. The molecule has 6 rings (SSSR count). The van der Waals surface area contributed by atoms with E-state index < -0.39 is 5.41 Å². The Morgan fingerprint density at radius 3 is 2.59 bits per heavy atom. The van der Waals surface area contributed by atoms with Crippen LogP contribution in [0.1, 0.15) is 62.0 Å². The topological polar surface area (TPSA) is 81.4 Å². The molecule has 4 aliphatic rings. The minimum absolute atomic E-state index is 0. The maximum Gasteiger partial charge on any atom is 0.317 e. The van der Waals surface area contributed by atoms with Crippen LogP contribution < -0.4 is 22.3 Å². The standard InChI is InChI=1S/C25H33N3O4S.BrH/c1-18-15-22(27-32-18)26-23(29)17-28-12-8-19(9-13-28)20(16-28)31-24(30)25(21-7-6-14-33-21)10-4-2-3-5-11-25;/h6-7,14-15,19-20H,2-5,8-13,16-17H2,1H3;1H. The number of piperidine rings is 3. The fourth-order valence-corrected chi connectivity index (χ4v) is 7.15. The van der Waals surface area contributed by atoms with Crippen molar-refractivity contribution in [3.63, 3.8) is 0 Å². The maximum absolute atomic E-state index is 13.8. The van der Waals surface area contributed by atoms with Crippen LogP contribution >= 0.6 is 11.3 Å². The number of quaternary nitrogens is 1. The van der Waals surface area contributed by atoms with Gasteiger partial charge in [0.05, 0.1) is 13.1 Å². The van der Waals surface area contributed by atoms with Gasteiger partial charge in [-0.2, -0.15) is 0 Å². The molecule has 1 atom stereocenters. The number of thiophene rings is 1. The van der Waals surface area contributed by atoms with E-state index in [0.29, 0.717) is 28.5 Å². The van der Waals surface area contributed by atoms with Crippen LogP contribution in [0.2, 0.25) is 0 Å².